The van der Waals surface area contributed by atoms with E-state index in [-0.39, 0.29) is 11.8 Å². The molecule has 5 heteroatoms. The Morgan fingerprint density at radius 3 is 2.62 bits per heavy atom. The predicted octanol–water partition coefficient (Wildman–Crippen LogP) is -0.212. The minimum atomic E-state index is -1.09. The van der Waals surface area contributed by atoms with Crippen LogP contribution in [0.25, 0.3) is 0 Å². The van der Waals surface area contributed by atoms with Crippen LogP contribution in [0.1, 0.15) is 33.6 Å². The van der Waals surface area contributed by atoms with Crippen molar-refractivity contribution >= 4 is 11.8 Å². The third-order valence-electron chi connectivity index (χ3n) is 3.39. The van der Waals surface area contributed by atoms with Crippen LogP contribution in [0.5, 0.6) is 0 Å². The van der Waals surface area contributed by atoms with Gasteiger partial charge in [0, 0.05) is 6.54 Å². The zero-order valence-corrected chi connectivity index (χ0v) is 10.0. The minimum absolute atomic E-state index is 0.0534. The van der Waals surface area contributed by atoms with Crippen LogP contribution in [-0.4, -0.2) is 35.1 Å². The molecule has 1 aliphatic heterocycles. The van der Waals surface area contributed by atoms with E-state index in [2.05, 4.69) is 10.6 Å². The molecule has 3 atom stereocenters. The zero-order chi connectivity index (χ0) is 12.3. The highest BCUT2D eigenvalue weighted by molar-refractivity contribution is 5.94. The first kappa shape index (κ1) is 13.0. The van der Waals surface area contributed by atoms with Gasteiger partial charge >= 0.3 is 0 Å². The van der Waals surface area contributed by atoms with Gasteiger partial charge in [0.1, 0.15) is 11.6 Å². The average molecular weight is 228 g/mol. The molecule has 1 fully saturated rings. The highest BCUT2D eigenvalue weighted by Gasteiger charge is 2.47. The van der Waals surface area contributed by atoms with Gasteiger partial charge in [0.2, 0.25) is 11.8 Å². The number of amides is 2. The molecule has 1 saturated heterocycles. The molecule has 5 nitrogen and oxygen atoms in total. The third kappa shape index (κ3) is 2.19. The maximum absolute atomic E-state index is 11.8. The van der Waals surface area contributed by atoms with Crippen LogP contribution < -0.4 is 10.6 Å². The Morgan fingerprint density at radius 1 is 1.62 bits per heavy atom. The van der Waals surface area contributed by atoms with Crippen molar-refractivity contribution in [2.45, 2.75) is 45.3 Å². The molecule has 0 aromatic rings. The summed E-state index contributed by atoms with van der Waals surface area (Å²) >= 11 is 0. The van der Waals surface area contributed by atoms with Gasteiger partial charge in [-0.2, -0.15) is 0 Å². The lowest BCUT2D eigenvalue weighted by molar-refractivity contribution is -0.137. The first-order valence-corrected chi connectivity index (χ1v) is 5.72. The van der Waals surface area contributed by atoms with E-state index >= 15 is 0 Å². The second-order valence-corrected chi connectivity index (χ2v) is 4.45. The molecule has 3 N–H and O–H groups in total. The van der Waals surface area contributed by atoms with Gasteiger partial charge in [0.25, 0.3) is 0 Å². The second-order valence-electron chi connectivity index (χ2n) is 4.45. The van der Waals surface area contributed by atoms with Crippen molar-refractivity contribution in [2.24, 2.45) is 5.92 Å². The van der Waals surface area contributed by atoms with Gasteiger partial charge in [-0.1, -0.05) is 20.3 Å². The first-order valence-electron chi connectivity index (χ1n) is 5.72. The van der Waals surface area contributed by atoms with Crippen molar-refractivity contribution in [3.8, 4) is 0 Å². The Hall–Kier alpha value is -1.10. The number of aliphatic hydroxyl groups is 1. The van der Waals surface area contributed by atoms with Crippen LogP contribution in [0, 0.1) is 5.92 Å². The SMILES string of the molecule is CCC(C)C1(NC(=O)C(C)O)CCNC1=O. The molecule has 0 radical (unpaired) electrons. The van der Waals surface area contributed by atoms with Crippen molar-refractivity contribution in [2.75, 3.05) is 6.54 Å². The van der Waals surface area contributed by atoms with Crippen LogP contribution in [0.4, 0.5) is 0 Å². The normalized spacial score (nSPS) is 28.4. The Labute approximate surface area is 95.6 Å². The second kappa shape index (κ2) is 4.82. The molecule has 1 aliphatic rings. The Balaban J connectivity index is 2.88. The number of carbonyl (C=O) groups is 2. The molecule has 16 heavy (non-hydrogen) atoms. The molecule has 0 spiro atoms. The Morgan fingerprint density at radius 2 is 2.25 bits per heavy atom. The van der Waals surface area contributed by atoms with Gasteiger partial charge in [-0.25, -0.2) is 0 Å². The molecule has 0 aliphatic carbocycles. The largest absolute Gasteiger partial charge is 0.384 e. The number of rotatable bonds is 4. The minimum Gasteiger partial charge on any atom is -0.384 e. The summed E-state index contributed by atoms with van der Waals surface area (Å²) < 4.78 is 0. The van der Waals surface area contributed by atoms with E-state index in [1.807, 2.05) is 13.8 Å². The molecular formula is C11H20N2O3. The smallest absolute Gasteiger partial charge is 0.249 e. The average Bonchev–Trinajstić information content (AvgIpc) is 2.60. The molecule has 3 unspecified atom stereocenters. The standard InChI is InChI=1S/C11H20N2O3/c1-4-7(2)11(5-6-12-10(11)16)13-9(15)8(3)14/h7-8,14H,4-6H2,1-3H3,(H,12,16)(H,13,15). The molecule has 0 aromatic heterocycles. The lowest BCUT2D eigenvalue weighted by Gasteiger charge is -2.33. The molecule has 0 saturated carbocycles. The number of hydrogen-bond acceptors (Lipinski definition) is 3. The fourth-order valence-corrected chi connectivity index (χ4v) is 2.03. The van der Waals surface area contributed by atoms with E-state index < -0.39 is 17.6 Å². The molecule has 0 aromatic carbocycles. The van der Waals surface area contributed by atoms with Crippen molar-refractivity contribution in [1.82, 2.24) is 10.6 Å². The Kier molecular flexibility index (Phi) is 3.91. The number of nitrogens with one attached hydrogen (secondary N) is 2. The summed E-state index contributed by atoms with van der Waals surface area (Å²) in [6.45, 7) is 5.88. The van der Waals surface area contributed by atoms with E-state index in [4.69, 9.17) is 0 Å². The fraction of sp³-hybridized carbons (Fsp3) is 0.818. The van der Waals surface area contributed by atoms with Gasteiger partial charge in [-0.3, -0.25) is 9.59 Å². The summed E-state index contributed by atoms with van der Waals surface area (Å²) in [4.78, 5) is 23.4. The summed E-state index contributed by atoms with van der Waals surface area (Å²) in [6, 6.07) is 0. The molecule has 92 valence electrons. The van der Waals surface area contributed by atoms with E-state index in [0.717, 1.165) is 6.42 Å². The molecular weight excluding hydrogens is 208 g/mol. The van der Waals surface area contributed by atoms with Gasteiger partial charge in [0.05, 0.1) is 0 Å². The van der Waals surface area contributed by atoms with Crippen LogP contribution >= 0.6 is 0 Å². The van der Waals surface area contributed by atoms with E-state index in [1.54, 1.807) is 0 Å². The van der Waals surface area contributed by atoms with Crippen LogP contribution in [-0.2, 0) is 9.59 Å². The third-order valence-corrected chi connectivity index (χ3v) is 3.39. The van der Waals surface area contributed by atoms with Gasteiger partial charge in [-0.05, 0) is 19.3 Å². The number of hydrogen-bond donors (Lipinski definition) is 3. The molecule has 2 amide bonds. The summed E-state index contributed by atoms with van der Waals surface area (Å²) in [5.74, 6) is -0.578. The Bertz CT molecular complexity index is 291. The van der Waals surface area contributed by atoms with Crippen molar-refractivity contribution < 1.29 is 14.7 Å². The molecule has 1 rings (SSSR count). The molecule has 0 bridgehead atoms. The van der Waals surface area contributed by atoms with Crippen LogP contribution in [0.3, 0.4) is 0 Å². The van der Waals surface area contributed by atoms with Crippen LogP contribution in [0.2, 0.25) is 0 Å². The quantitative estimate of drug-likeness (QED) is 0.623. The summed E-state index contributed by atoms with van der Waals surface area (Å²) in [7, 11) is 0. The number of aliphatic hydroxyl groups excluding tert-OH is 1. The van der Waals surface area contributed by atoms with E-state index in [9.17, 15) is 14.7 Å². The summed E-state index contributed by atoms with van der Waals surface area (Å²) in [6.07, 6.45) is 0.293. The topological polar surface area (TPSA) is 78.4 Å². The predicted molar refractivity (Wildman–Crippen MR) is 59.6 cm³/mol. The van der Waals surface area contributed by atoms with Gasteiger partial charge < -0.3 is 15.7 Å². The lowest BCUT2D eigenvalue weighted by atomic mass is 9.81. The number of carbonyl (C=O) groups excluding carboxylic acids is 2. The highest BCUT2D eigenvalue weighted by Crippen LogP contribution is 2.28. The monoisotopic (exact) mass is 228 g/mol. The van der Waals surface area contributed by atoms with Crippen molar-refractivity contribution in [3.05, 3.63) is 0 Å². The maximum atomic E-state index is 11.8. The molecule has 1 heterocycles. The first-order chi connectivity index (χ1) is 7.44. The van der Waals surface area contributed by atoms with Crippen molar-refractivity contribution in [1.29, 1.82) is 0 Å². The highest BCUT2D eigenvalue weighted by atomic mass is 16.3. The van der Waals surface area contributed by atoms with Gasteiger partial charge in [-0.15, -0.1) is 0 Å². The zero-order valence-electron chi connectivity index (χ0n) is 10.0. The van der Waals surface area contributed by atoms with Gasteiger partial charge in [0.15, 0.2) is 0 Å². The summed E-state index contributed by atoms with van der Waals surface area (Å²) in [5, 5.41) is 14.6. The fourth-order valence-electron chi connectivity index (χ4n) is 2.03. The van der Waals surface area contributed by atoms with E-state index in [1.165, 1.54) is 6.92 Å². The lowest BCUT2D eigenvalue weighted by Crippen LogP contribution is -2.59. The van der Waals surface area contributed by atoms with Crippen LogP contribution in [0.15, 0.2) is 0 Å². The van der Waals surface area contributed by atoms with Crippen molar-refractivity contribution in [3.63, 3.8) is 0 Å². The maximum Gasteiger partial charge on any atom is 0.249 e. The van der Waals surface area contributed by atoms with E-state index in [0.29, 0.717) is 13.0 Å². The summed E-state index contributed by atoms with van der Waals surface area (Å²) in [5.41, 5.74) is -0.844.